The molecule has 0 fully saturated rings. The summed E-state index contributed by atoms with van der Waals surface area (Å²) < 4.78 is 32.2. The highest BCUT2D eigenvalue weighted by Gasteiger charge is 2.24. The quantitative estimate of drug-likeness (QED) is 0.696. The molecule has 0 spiro atoms. The van der Waals surface area contributed by atoms with E-state index in [2.05, 4.69) is 19.2 Å². The molecular weight excluding hydrogens is 400 g/mol. The summed E-state index contributed by atoms with van der Waals surface area (Å²) in [6, 6.07) is 10.8. The average molecular weight is 425 g/mol. The molecule has 8 heteroatoms. The highest BCUT2D eigenvalue weighted by molar-refractivity contribution is 7.92. The predicted molar refractivity (Wildman–Crippen MR) is 112 cm³/mol. The molecule has 6 nitrogen and oxygen atoms in total. The van der Waals surface area contributed by atoms with Crippen LogP contribution < -0.4 is 14.4 Å². The Kier molecular flexibility index (Phi) is 7.32. The second-order valence-corrected chi connectivity index (χ2v) is 9.13. The Balaban J connectivity index is 2.28. The normalized spacial score (nSPS) is 11.4. The van der Waals surface area contributed by atoms with Gasteiger partial charge in [0, 0.05) is 13.6 Å². The largest absolute Gasteiger partial charge is 0.497 e. The fourth-order valence-electron chi connectivity index (χ4n) is 2.50. The van der Waals surface area contributed by atoms with Crippen LogP contribution >= 0.6 is 11.6 Å². The van der Waals surface area contributed by atoms with Crippen molar-refractivity contribution < 1.29 is 17.9 Å². The molecule has 1 amide bonds. The first-order chi connectivity index (χ1) is 13.2. The SMILES string of the molecule is COc1ccc(N(C)S(=O)(=O)c2ccc(Cl)c(C(=O)NCCC(C)C)c2)cc1. The van der Waals surface area contributed by atoms with Gasteiger partial charge in [0.2, 0.25) is 0 Å². The number of carbonyl (C=O) groups excluding carboxylic acids is 1. The highest BCUT2D eigenvalue weighted by atomic mass is 35.5. The number of amides is 1. The number of nitrogens with zero attached hydrogens (tertiary/aromatic N) is 1. The number of anilines is 1. The molecule has 0 radical (unpaired) electrons. The van der Waals surface area contributed by atoms with Crippen LogP contribution in [0, 0.1) is 5.92 Å². The number of benzene rings is 2. The first kappa shape index (κ1) is 22.0. The van der Waals surface area contributed by atoms with Gasteiger partial charge in [0.1, 0.15) is 5.75 Å². The van der Waals surface area contributed by atoms with E-state index in [1.807, 2.05) is 0 Å². The molecule has 1 N–H and O–H groups in total. The van der Waals surface area contributed by atoms with E-state index >= 15 is 0 Å². The zero-order chi connectivity index (χ0) is 20.9. The van der Waals surface area contributed by atoms with Crippen molar-refractivity contribution in [2.45, 2.75) is 25.2 Å². The van der Waals surface area contributed by atoms with Crippen LogP contribution in [0.5, 0.6) is 5.75 Å². The van der Waals surface area contributed by atoms with Gasteiger partial charge >= 0.3 is 0 Å². The van der Waals surface area contributed by atoms with Gasteiger partial charge in [-0.1, -0.05) is 25.4 Å². The van der Waals surface area contributed by atoms with Gasteiger partial charge in [-0.3, -0.25) is 9.10 Å². The van der Waals surface area contributed by atoms with Crippen LogP contribution in [-0.2, 0) is 10.0 Å². The number of rotatable bonds is 8. The Morgan fingerprint density at radius 2 is 1.82 bits per heavy atom. The number of halogens is 1. The summed E-state index contributed by atoms with van der Waals surface area (Å²) in [6.45, 7) is 4.61. The van der Waals surface area contributed by atoms with Crippen LogP contribution in [0.25, 0.3) is 0 Å². The van der Waals surface area contributed by atoms with Crippen molar-refractivity contribution in [1.29, 1.82) is 0 Å². The fourth-order valence-corrected chi connectivity index (χ4v) is 3.92. The van der Waals surface area contributed by atoms with Crippen molar-refractivity contribution in [1.82, 2.24) is 5.32 Å². The molecule has 0 saturated heterocycles. The topological polar surface area (TPSA) is 75.7 Å². The molecule has 0 unspecified atom stereocenters. The van der Waals surface area contributed by atoms with Gasteiger partial charge in [0.05, 0.1) is 28.3 Å². The van der Waals surface area contributed by atoms with Crippen molar-refractivity contribution >= 4 is 33.2 Å². The van der Waals surface area contributed by atoms with Crippen LogP contribution in [0.15, 0.2) is 47.4 Å². The first-order valence-electron chi connectivity index (χ1n) is 8.87. The summed E-state index contributed by atoms with van der Waals surface area (Å²) in [5.41, 5.74) is 0.605. The molecule has 0 saturated carbocycles. The van der Waals surface area contributed by atoms with E-state index < -0.39 is 15.9 Å². The maximum atomic E-state index is 13.0. The summed E-state index contributed by atoms with van der Waals surface area (Å²) in [7, 11) is -0.873. The molecule has 2 rings (SSSR count). The lowest BCUT2D eigenvalue weighted by Crippen LogP contribution is -2.28. The standard InChI is InChI=1S/C20H25ClN2O4S/c1-14(2)11-12-22-20(24)18-13-17(9-10-19(18)21)28(25,26)23(3)15-5-7-16(27-4)8-6-15/h5-10,13-14H,11-12H2,1-4H3,(H,22,24). The van der Waals surface area contributed by atoms with Crippen molar-refractivity contribution in [2.75, 3.05) is 25.0 Å². The molecule has 0 aromatic heterocycles. The van der Waals surface area contributed by atoms with Crippen LogP contribution in [-0.4, -0.2) is 35.0 Å². The van der Waals surface area contributed by atoms with E-state index in [9.17, 15) is 13.2 Å². The summed E-state index contributed by atoms with van der Waals surface area (Å²) in [4.78, 5) is 12.4. The maximum Gasteiger partial charge on any atom is 0.264 e. The second kappa shape index (κ2) is 9.30. The van der Waals surface area contributed by atoms with Crippen molar-refractivity contribution in [2.24, 2.45) is 5.92 Å². The van der Waals surface area contributed by atoms with Crippen molar-refractivity contribution in [3.63, 3.8) is 0 Å². The lowest BCUT2D eigenvalue weighted by molar-refractivity contribution is 0.0952. The van der Waals surface area contributed by atoms with Crippen molar-refractivity contribution in [3.05, 3.63) is 53.1 Å². The Labute approximate surface area is 171 Å². The Morgan fingerprint density at radius 1 is 1.18 bits per heavy atom. The van der Waals surface area contributed by atoms with E-state index in [4.69, 9.17) is 16.3 Å². The van der Waals surface area contributed by atoms with Gasteiger partial charge in [0.15, 0.2) is 0 Å². The number of hydrogen-bond acceptors (Lipinski definition) is 4. The van der Waals surface area contributed by atoms with Gasteiger partial charge < -0.3 is 10.1 Å². The average Bonchev–Trinajstić information content (AvgIpc) is 2.67. The highest BCUT2D eigenvalue weighted by Crippen LogP contribution is 2.27. The van der Waals surface area contributed by atoms with Gasteiger partial charge in [0.25, 0.3) is 15.9 Å². The van der Waals surface area contributed by atoms with E-state index in [1.165, 1.54) is 32.4 Å². The van der Waals surface area contributed by atoms with Crippen LogP contribution in [0.2, 0.25) is 5.02 Å². The smallest absolute Gasteiger partial charge is 0.264 e. The van der Waals surface area contributed by atoms with Crippen LogP contribution in [0.1, 0.15) is 30.6 Å². The zero-order valence-electron chi connectivity index (χ0n) is 16.4. The molecule has 2 aromatic rings. The van der Waals surface area contributed by atoms with Crippen LogP contribution in [0.3, 0.4) is 0 Å². The number of sulfonamides is 1. The second-order valence-electron chi connectivity index (χ2n) is 6.75. The number of methoxy groups -OCH3 is 1. The van der Waals surface area contributed by atoms with E-state index in [1.54, 1.807) is 24.3 Å². The molecule has 0 aliphatic carbocycles. The number of carbonyl (C=O) groups is 1. The Bertz CT molecular complexity index is 928. The number of hydrogen-bond donors (Lipinski definition) is 1. The Morgan fingerprint density at radius 3 is 2.39 bits per heavy atom. The van der Waals surface area contributed by atoms with Gasteiger partial charge in [-0.2, -0.15) is 0 Å². The third kappa shape index (κ3) is 5.17. The summed E-state index contributed by atoms with van der Waals surface area (Å²) in [6.07, 6.45) is 0.821. The lowest BCUT2D eigenvalue weighted by Gasteiger charge is -2.20. The monoisotopic (exact) mass is 424 g/mol. The third-order valence-electron chi connectivity index (χ3n) is 4.28. The Hall–Kier alpha value is -2.25. The predicted octanol–water partition coefficient (Wildman–Crippen LogP) is 3.95. The molecule has 0 heterocycles. The van der Waals surface area contributed by atoms with Gasteiger partial charge in [-0.15, -0.1) is 0 Å². The number of nitrogens with one attached hydrogen (secondary N) is 1. The third-order valence-corrected chi connectivity index (χ3v) is 6.40. The summed E-state index contributed by atoms with van der Waals surface area (Å²) in [5.74, 6) is 0.678. The minimum atomic E-state index is -3.86. The fraction of sp³-hybridized carbons (Fsp3) is 0.350. The molecular formula is C20H25ClN2O4S. The van der Waals surface area contributed by atoms with E-state index in [-0.39, 0.29) is 15.5 Å². The van der Waals surface area contributed by atoms with Gasteiger partial charge in [-0.25, -0.2) is 8.42 Å². The van der Waals surface area contributed by atoms with E-state index in [0.717, 1.165) is 10.7 Å². The molecule has 2 aromatic carbocycles. The maximum absolute atomic E-state index is 13.0. The molecule has 0 bridgehead atoms. The zero-order valence-corrected chi connectivity index (χ0v) is 18.0. The first-order valence-corrected chi connectivity index (χ1v) is 10.7. The minimum absolute atomic E-state index is 0.00997. The molecule has 0 atom stereocenters. The molecule has 0 aliphatic rings. The molecule has 28 heavy (non-hydrogen) atoms. The van der Waals surface area contributed by atoms with Crippen LogP contribution in [0.4, 0.5) is 5.69 Å². The lowest BCUT2D eigenvalue weighted by atomic mass is 10.1. The van der Waals surface area contributed by atoms with Crippen molar-refractivity contribution in [3.8, 4) is 5.75 Å². The number of ether oxygens (including phenoxy) is 1. The van der Waals surface area contributed by atoms with Gasteiger partial charge in [-0.05, 0) is 54.8 Å². The minimum Gasteiger partial charge on any atom is -0.497 e. The summed E-state index contributed by atoms with van der Waals surface area (Å²) in [5, 5.41) is 2.98. The summed E-state index contributed by atoms with van der Waals surface area (Å²) >= 11 is 6.13. The molecule has 0 aliphatic heterocycles. The van der Waals surface area contributed by atoms with E-state index in [0.29, 0.717) is 23.9 Å². The molecule has 152 valence electrons.